The number of rotatable bonds is 5. The van der Waals surface area contributed by atoms with Crippen molar-refractivity contribution in [3.8, 4) is 5.75 Å². The standard InChI is InChI=1S/C12H17NO3/c1-9(13-8-12(14)16-3)10-4-6-11(15-2)7-5-10/h4-7,9,13H,8H2,1-3H3/t9-/m0/s1. The summed E-state index contributed by atoms with van der Waals surface area (Å²) in [5.74, 6) is 0.560. The molecule has 4 nitrogen and oxygen atoms in total. The molecule has 0 aliphatic carbocycles. The van der Waals surface area contributed by atoms with E-state index in [-0.39, 0.29) is 18.6 Å². The van der Waals surface area contributed by atoms with E-state index in [1.807, 2.05) is 31.2 Å². The van der Waals surface area contributed by atoms with E-state index in [1.54, 1.807) is 7.11 Å². The highest BCUT2D eigenvalue weighted by molar-refractivity contribution is 5.71. The Morgan fingerprint density at radius 3 is 2.44 bits per heavy atom. The summed E-state index contributed by atoms with van der Waals surface area (Å²) >= 11 is 0. The molecule has 0 saturated heterocycles. The summed E-state index contributed by atoms with van der Waals surface area (Å²) in [7, 11) is 3.01. The average Bonchev–Trinajstić information content (AvgIpc) is 2.35. The number of nitrogens with one attached hydrogen (secondary N) is 1. The summed E-state index contributed by atoms with van der Waals surface area (Å²) in [6, 6.07) is 7.82. The van der Waals surface area contributed by atoms with Crippen LogP contribution in [0.3, 0.4) is 0 Å². The van der Waals surface area contributed by atoms with Crippen molar-refractivity contribution < 1.29 is 14.3 Å². The Kier molecular flexibility index (Phi) is 4.79. The highest BCUT2D eigenvalue weighted by atomic mass is 16.5. The van der Waals surface area contributed by atoms with Gasteiger partial charge in [-0.05, 0) is 24.6 Å². The highest BCUT2D eigenvalue weighted by Gasteiger charge is 2.07. The Labute approximate surface area is 95.6 Å². The van der Waals surface area contributed by atoms with Crippen LogP contribution < -0.4 is 10.1 Å². The molecule has 88 valence electrons. The van der Waals surface area contributed by atoms with Crippen molar-refractivity contribution in [3.05, 3.63) is 29.8 Å². The zero-order valence-electron chi connectivity index (χ0n) is 9.82. The fourth-order valence-electron chi connectivity index (χ4n) is 1.32. The summed E-state index contributed by atoms with van der Waals surface area (Å²) in [6.07, 6.45) is 0. The highest BCUT2D eigenvalue weighted by Crippen LogP contribution is 2.16. The van der Waals surface area contributed by atoms with Crippen molar-refractivity contribution in [2.45, 2.75) is 13.0 Å². The molecular weight excluding hydrogens is 206 g/mol. The molecule has 1 atom stereocenters. The second-order valence-corrected chi connectivity index (χ2v) is 3.45. The number of carbonyl (C=O) groups excluding carboxylic acids is 1. The van der Waals surface area contributed by atoms with Crippen LogP contribution in [0.5, 0.6) is 5.75 Å². The van der Waals surface area contributed by atoms with E-state index in [0.717, 1.165) is 11.3 Å². The Balaban J connectivity index is 2.52. The molecule has 0 unspecified atom stereocenters. The first-order chi connectivity index (χ1) is 7.67. The molecule has 16 heavy (non-hydrogen) atoms. The second kappa shape index (κ2) is 6.12. The van der Waals surface area contributed by atoms with Crippen LogP contribution in [0.4, 0.5) is 0 Å². The SMILES string of the molecule is COC(=O)CN[C@@H](C)c1ccc(OC)cc1. The third-order valence-corrected chi connectivity index (χ3v) is 2.40. The lowest BCUT2D eigenvalue weighted by Gasteiger charge is -2.13. The number of hydrogen-bond acceptors (Lipinski definition) is 4. The largest absolute Gasteiger partial charge is 0.497 e. The van der Waals surface area contributed by atoms with Crippen LogP contribution >= 0.6 is 0 Å². The molecule has 1 aromatic carbocycles. The summed E-state index contributed by atoms with van der Waals surface area (Å²) < 4.78 is 9.62. The fraction of sp³-hybridized carbons (Fsp3) is 0.417. The van der Waals surface area contributed by atoms with Gasteiger partial charge in [0, 0.05) is 6.04 Å². The van der Waals surface area contributed by atoms with Crippen LogP contribution in [0, 0.1) is 0 Å². The normalized spacial score (nSPS) is 11.9. The van der Waals surface area contributed by atoms with Crippen molar-refractivity contribution in [3.63, 3.8) is 0 Å². The molecule has 0 radical (unpaired) electrons. The maximum Gasteiger partial charge on any atom is 0.319 e. The quantitative estimate of drug-likeness (QED) is 0.769. The second-order valence-electron chi connectivity index (χ2n) is 3.45. The minimum absolute atomic E-state index is 0.102. The number of carbonyl (C=O) groups is 1. The number of esters is 1. The van der Waals surface area contributed by atoms with Gasteiger partial charge < -0.3 is 14.8 Å². The Morgan fingerprint density at radius 1 is 1.31 bits per heavy atom. The Hall–Kier alpha value is -1.55. The smallest absolute Gasteiger partial charge is 0.319 e. The Morgan fingerprint density at radius 2 is 1.94 bits per heavy atom. The van der Waals surface area contributed by atoms with Crippen molar-refractivity contribution in [2.24, 2.45) is 0 Å². The first kappa shape index (κ1) is 12.5. The van der Waals surface area contributed by atoms with Gasteiger partial charge in [-0.3, -0.25) is 4.79 Å². The molecule has 0 aromatic heterocycles. The molecule has 0 aliphatic rings. The number of ether oxygens (including phenoxy) is 2. The Bertz CT molecular complexity index is 335. The van der Waals surface area contributed by atoms with Gasteiger partial charge in [0.05, 0.1) is 20.8 Å². The third-order valence-electron chi connectivity index (χ3n) is 2.40. The van der Waals surface area contributed by atoms with Crippen LogP contribution in [0.2, 0.25) is 0 Å². The van der Waals surface area contributed by atoms with E-state index in [1.165, 1.54) is 7.11 Å². The molecule has 0 aliphatic heterocycles. The lowest BCUT2D eigenvalue weighted by molar-refractivity contribution is -0.139. The van der Waals surface area contributed by atoms with Crippen LogP contribution in [0.15, 0.2) is 24.3 Å². The predicted molar refractivity (Wildman–Crippen MR) is 61.4 cm³/mol. The fourth-order valence-corrected chi connectivity index (χ4v) is 1.32. The van der Waals surface area contributed by atoms with E-state index in [4.69, 9.17) is 4.74 Å². The molecule has 4 heteroatoms. The van der Waals surface area contributed by atoms with Crippen molar-refractivity contribution in [2.75, 3.05) is 20.8 Å². The summed E-state index contributed by atoms with van der Waals surface area (Å²) in [5, 5.41) is 3.07. The summed E-state index contributed by atoms with van der Waals surface area (Å²) in [4.78, 5) is 10.9. The molecule has 0 bridgehead atoms. The predicted octanol–water partition coefficient (Wildman–Crippen LogP) is 1.52. The maximum atomic E-state index is 10.9. The van der Waals surface area contributed by atoms with Crippen LogP contribution in [0.25, 0.3) is 0 Å². The van der Waals surface area contributed by atoms with Gasteiger partial charge in [-0.1, -0.05) is 12.1 Å². The van der Waals surface area contributed by atoms with E-state index < -0.39 is 0 Å². The molecule has 0 saturated carbocycles. The van der Waals surface area contributed by atoms with E-state index in [2.05, 4.69) is 10.1 Å². The topological polar surface area (TPSA) is 47.6 Å². The summed E-state index contributed by atoms with van der Waals surface area (Å²) in [5.41, 5.74) is 1.10. The van der Waals surface area contributed by atoms with Gasteiger partial charge in [-0.25, -0.2) is 0 Å². The molecule has 1 rings (SSSR count). The van der Waals surface area contributed by atoms with Gasteiger partial charge in [-0.2, -0.15) is 0 Å². The third kappa shape index (κ3) is 3.55. The zero-order valence-corrected chi connectivity index (χ0v) is 9.82. The van der Waals surface area contributed by atoms with Crippen molar-refractivity contribution >= 4 is 5.97 Å². The average molecular weight is 223 g/mol. The van der Waals surface area contributed by atoms with E-state index in [9.17, 15) is 4.79 Å². The first-order valence-electron chi connectivity index (χ1n) is 5.11. The zero-order chi connectivity index (χ0) is 12.0. The lowest BCUT2D eigenvalue weighted by Crippen LogP contribution is -2.26. The van der Waals surface area contributed by atoms with Crippen LogP contribution in [0.1, 0.15) is 18.5 Å². The summed E-state index contributed by atoms with van der Waals surface area (Å²) in [6.45, 7) is 2.20. The van der Waals surface area contributed by atoms with Crippen LogP contribution in [-0.4, -0.2) is 26.7 Å². The molecule has 0 spiro atoms. The minimum Gasteiger partial charge on any atom is -0.497 e. The maximum absolute atomic E-state index is 10.9. The lowest BCUT2D eigenvalue weighted by atomic mass is 10.1. The van der Waals surface area contributed by atoms with Gasteiger partial charge in [0.2, 0.25) is 0 Å². The molecule has 0 fully saturated rings. The van der Waals surface area contributed by atoms with E-state index in [0.29, 0.717) is 0 Å². The van der Waals surface area contributed by atoms with Gasteiger partial charge in [0.15, 0.2) is 0 Å². The number of hydrogen-bond donors (Lipinski definition) is 1. The monoisotopic (exact) mass is 223 g/mol. The van der Waals surface area contributed by atoms with Gasteiger partial charge in [0.1, 0.15) is 5.75 Å². The van der Waals surface area contributed by atoms with Gasteiger partial charge in [-0.15, -0.1) is 0 Å². The number of benzene rings is 1. The molecule has 1 aromatic rings. The van der Waals surface area contributed by atoms with Crippen molar-refractivity contribution in [1.29, 1.82) is 0 Å². The molecule has 1 N–H and O–H groups in total. The van der Waals surface area contributed by atoms with Gasteiger partial charge in [0.25, 0.3) is 0 Å². The number of methoxy groups -OCH3 is 2. The van der Waals surface area contributed by atoms with Crippen LogP contribution in [-0.2, 0) is 9.53 Å². The molecule has 0 heterocycles. The van der Waals surface area contributed by atoms with E-state index >= 15 is 0 Å². The molecular formula is C12H17NO3. The molecule has 0 amide bonds. The minimum atomic E-state index is -0.264. The van der Waals surface area contributed by atoms with Gasteiger partial charge >= 0.3 is 5.97 Å². The first-order valence-corrected chi connectivity index (χ1v) is 5.11. The van der Waals surface area contributed by atoms with Crippen molar-refractivity contribution in [1.82, 2.24) is 5.32 Å².